The van der Waals surface area contributed by atoms with Crippen LogP contribution >= 0.6 is 11.6 Å². The predicted molar refractivity (Wildman–Crippen MR) is 115 cm³/mol. The summed E-state index contributed by atoms with van der Waals surface area (Å²) >= 11 is 4.76. The molecule has 0 aliphatic heterocycles. The van der Waals surface area contributed by atoms with Crippen molar-refractivity contribution in [3.05, 3.63) is 54.2 Å². The van der Waals surface area contributed by atoms with E-state index in [1.54, 1.807) is 24.4 Å². The maximum Gasteiger partial charge on any atom is 0.487 e. The van der Waals surface area contributed by atoms with Gasteiger partial charge >= 0.3 is 5.57 Å². The molecular weight excluding hydrogens is 444 g/mol. The molecule has 8 nitrogen and oxygen atoms in total. The number of alkyl halides is 3. The number of imidazole rings is 1. The van der Waals surface area contributed by atoms with Crippen LogP contribution in [0.15, 0.2) is 48.7 Å². The van der Waals surface area contributed by atoms with E-state index in [2.05, 4.69) is 25.2 Å². The third kappa shape index (κ3) is 4.35. The number of aromatic amines is 1. The molecule has 2 heterocycles. The van der Waals surface area contributed by atoms with Crippen LogP contribution < -0.4 is 14.8 Å². The Bertz CT molecular complexity index is 1250. The Kier molecular flexibility index (Phi) is 5.70. The second-order valence-corrected chi connectivity index (χ2v) is 7.17. The van der Waals surface area contributed by atoms with Crippen LogP contribution in [-0.2, 0) is 6.54 Å². The molecule has 0 bridgehead atoms. The maximum atomic E-state index is 12.9. The van der Waals surface area contributed by atoms with Crippen molar-refractivity contribution in [2.24, 2.45) is 0 Å². The highest BCUT2D eigenvalue weighted by Gasteiger charge is 2.27. The molecule has 4 rings (SSSR count). The number of halogens is 3. The number of H-pyrrole nitrogens is 1. The number of hydrogen-bond donors (Lipinski definition) is 2. The van der Waals surface area contributed by atoms with Crippen molar-refractivity contribution >= 4 is 34.2 Å². The molecule has 0 radical (unpaired) electrons. The fraction of sp³-hybridized carbons (Fsp3) is 0.190. The minimum atomic E-state index is -3.81. The molecule has 0 fully saturated rings. The molecule has 32 heavy (non-hydrogen) atoms. The van der Waals surface area contributed by atoms with Gasteiger partial charge in [-0.3, -0.25) is 14.5 Å². The zero-order chi connectivity index (χ0) is 22.9. The fourth-order valence-corrected chi connectivity index (χ4v) is 3.47. The van der Waals surface area contributed by atoms with E-state index in [-0.39, 0.29) is 5.75 Å². The molecule has 0 saturated carbocycles. The fourth-order valence-electron chi connectivity index (χ4n) is 3.38. The summed E-state index contributed by atoms with van der Waals surface area (Å²) in [5, 5.41) is 9.65. The Morgan fingerprint density at radius 2 is 2.00 bits per heavy atom. The largest absolute Gasteiger partial charge is 0.487 e. The van der Waals surface area contributed by atoms with E-state index < -0.39 is 11.5 Å². The molecule has 166 valence electrons. The van der Waals surface area contributed by atoms with Gasteiger partial charge < -0.3 is 14.8 Å². The van der Waals surface area contributed by atoms with Gasteiger partial charge in [0, 0.05) is 41.2 Å². The van der Waals surface area contributed by atoms with Gasteiger partial charge in [0.2, 0.25) is 0 Å². The number of nitrogens with one attached hydrogen (secondary N) is 2. The number of methoxy groups -OCH3 is 1. The first-order valence-electron chi connectivity index (χ1n) is 9.54. The SMILES string of the molecule is CCn1c(OC)nc2cc(C(=O)Nc3ccc(OC(F)(F)Cl)cc3)cc(-c3ccn[nH]3)c21. The summed E-state index contributed by atoms with van der Waals surface area (Å²) in [6.07, 6.45) is 1.62. The Hall–Kier alpha value is -3.66. The number of amides is 1. The lowest BCUT2D eigenvalue weighted by atomic mass is 10.0. The Morgan fingerprint density at radius 3 is 2.59 bits per heavy atom. The first-order chi connectivity index (χ1) is 15.3. The van der Waals surface area contributed by atoms with Gasteiger partial charge in [-0.15, -0.1) is 8.78 Å². The van der Waals surface area contributed by atoms with Crippen molar-refractivity contribution < 1.29 is 23.0 Å². The normalized spacial score (nSPS) is 11.5. The van der Waals surface area contributed by atoms with Gasteiger partial charge in [-0.1, -0.05) is 0 Å². The van der Waals surface area contributed by atoms with Gasteiger partial charge in [-0.25, -0.2) is 0 Å². The molecule has 11 heteroatoms. The molecule has 0 spiro atoms. The first-order valence-corrected chi connectivity index (χ1v) is 9.92. The van der Waals surface area contributed by atoms with Gasteiger partial charge in [0.1, 0.15) is 5.75 Å². The van der Waals surface area contributed by atoms with Gasteiger partial charge in [-0.2, -0.15) is 10.1 Å². The van der Waals surface area contributed by atoms with Gasteiger partial charge in [-0.05, 0) is 49.4 Å². The Labute approximate surface area is 186 Å². The summed E-state index contributed by atoms with van der Waals surface area (Å²) in [5.74, 6) is -0.544. The van der Waals surface area contributed by atoms with Crippen molar-refractivity contribution in [2.75, 3.05) is 12.4 Å². The van der Waals surface area contributed by atoms with E-state index in [4.69, 9.17) is 16.3 Å². The van der Waals surface area contributed by atoms with Crippen LogP contribution in [0.25, 0.3) is 22.3 Å². The lowest BCUT2D eigenvalue weighted by Gasteiger charge is -2.12. The monoisotopic (exact) mass is 461 g/mol. The molecule has 2 N–H and O–H groups in total. The summed E-state index contributed by atoms with van der Waals surface area (Å²) in [7, 11) is 1.53. The van der Waals surface area contributed by atoms with E-state index in [0.29, 0.717) is 35.0 Å². The molecule has 0 aliphatic rings. The third-order valence-corrected chi connectivity index (χ3v) is 4.78. The van der Waals surface area contributed by atoms with E-state index >= 15 is 0 Å². The summed E-state index contributed by atoms with van der Waals surface area (Å²) in [5.41, 5.74) is -0.256. The van der Waals surface area contributed by atoms with Crippen molar-refractivity contribution in [3.8, 4) is 23.0 Å². The molecule has 0 aliphatic carbocycles. The standard InChI is InChI=1S/C21H18ClF2N5O3/c1-3-29-18-15(16-8-9-25-28-16)10-12(11-17(18)27-20(29)31-2)19(30)26-13-4-6-14(7-5-13)32-21(22,23)24/h4-11H,3H2,1-2H3,(H,25,28)(H,26,30). The van der Waals surface area contributed by atoms with Crippen molar-refractivity contribution in [1.82, 2.24) is 19.7 Å². The lowest BCUT2D eigenvalue weighted by molar-refractivity contribution is -0.0964. The third-order valence-electron chi connectivity index (χ3n) is 4.70. The minimum Gasteiger partial charge on any atom is -0.468 e. The van der Waals surface area contributed by atoms with Crippen LogP contribution in [0.3, 0.4) is 0 Å². The number of carbonyl (C=O) groups excluding carboxylic acids is 1. The number of nitrogens with zero attached hydrogens (tertiary/aromatic N) is 3. The van der Waals surface area contributed by atoms with Crippen LogP contribution in [0.1, 0.15) is 17.3 Å². The number of fused-ring (bicyclic) bond motifs is 1. The van der Waals surface area contributed by atoms with Gasteiger partial charge in [0.25, 0.3) is 11.9 Å². The molecule has 0 atom stereocenters. The van der Waals surface area contributed by atoms with Crippen LogP contribution in [0.4, 0.5) is 14.5 Å². The van der Waals surface area contributed by atoms with Crippen LogP contribution in [-0.4, -0.2) is 38.3 Å². The molecule has 4 aromatic rings. The van der Waals surface area contributed by atoms with Crippen LogP contribution in [0.5, 0.6) is 11.8 Å². The van der Waals surface area contributed by atoms with Crippen LogP contribution in [0, 0.1) is 0 Å². The van der Waals surface area contributed by atoms with E-state index in [9.17, 15) is 13.6 Å². The number of anilines is 1. The zero-order valence-electron chi connectivity index (χ0n) is 17.0. The topological polar surface area (TPSA) is 94.1 Å². The molecule has 0 saturated heterocycles. The van der Waals surface area contributed by atoms with E-state index in [0.717, 1.165) is 11.1 Å². The van der Waals surface area contributed by atoms with Gasteiger partial charge in [0.15, 0.2) is 0 Å². The molecule has 2 aromatic carbocycles. The molecule has 1 amide bonds. The summed E-state index contributed by atoms with van der Waals surface area (Å²) in [4.78, 5) is 17.4. The Balaban J connectivity index is 1.69. The average molecular weight is 462 g/mol. The summed E-state index contributed by atoms with van der Waals surface area (Å²) in [6.45, 7) is 2.58. The maximum absolute atomic E-state index is 12.9. The van der Waals surface area contributed by atoms with Gasteiger partial charge in [0.05, 0.1) is 23.8 Å². The summed E-state index contributed by atoms with van der Waals surface area (Å²) in [6, 6.07) is 11.0. The van der Waals surface area contributed by atoms with Crippen LogP contribution in [0.2, 0.25) is 0 Å². The Morgan fingerprint density at radius 1 is 1.25 bits per heavy atom. The minimum absolute atomic E-state index is 0.136. The number of carbonyl (C=O) groups is 1. The van der Waals surface area contributed by atoms with Crippen molar-refractivity contribution in [3.63, 3.8) is 0 Å². The number of hydrogen-bond acceptors (Lipinski definition) is 5. The van der Waals surface area contributed by atoms with Crippen molar-refractivity contribution in [1.29, 1.82) is 0 Å². The first kappa shape index (κ1) is 21.6. The number of rotatable bonds is 7. The smallest absolute Gasteiger partial charge is 0.468 e. The quantitative estimate of drug-likeness (QED) is 0.383. The number of ether oxygens (including phenoxy) is 2. The van der Waals surface area contributed by atoms with Crippen molar-refractivity contribution in [2.45, 2.75) is 19.0 Å². The zero-order valence-corrected chi connectivity index (χ0v) is 17.8. The highest BCUT2D eigenvalue weighted by Crippen LogP contribution is 2.33. The summed E-state index contributed by atoms with van der Waals surface area (Å²) < 4.78 is 37.1. The number of benzene rings is 2. The second kappa shape index (κ2) is 8.46. The number of aryl methyl sites for hydroxylation is 1. The second-order valence-electron chi connectivity index (χ2n) is 6.73. The highest BCUT2D eigenvalue weighted by molar-refractivity contribution is 6.20. The number of aromatic nitrogens is 4. The van der Waals surface area contributed by atoms with E-state index in [1.807, 2.05) is 11.5 Å². The average Bonchev–Trinajstić information content (AvgIpc) is 3.40. The molecule has 0 unspecified atom stereocenters. The van der Waals surface area contributed by atoms with E-state index in [1.165, 1.54) is 31.4 Å². The molecular formula is C21H18ClF2N5O3. The molecule has 2 aromatic heterocycles. The predicted octanol–water partition coefficient (Wildman–Crippen LogP) is 4.88. The highest BCUT2D eigenvalue weighted by atomic mass is 35.5. The lowest BCUT2D eigenvalue weighted by Crippen LogP contribution is -2.16.